The molecule has 0 fully saturated rings. The van der Waals surface area contributed by atoms with Crippen molar-refractivity contribution in [3.8, 4) is 39.1 Å². The van der Waals surface area contributed by atoms with Crippen molar-refractivity contribution >= 4 is 6.08 Å². The van der Waals surface area contributed by atoms with Gasteiger partial charge in [0.1, 0.15) is 29.0 Å². The van der Waals surface area contributed by atoms with E-state index in [2.05, 4.69) is 11.7 Å². The number of unbranched alkanes of at least 4 members (excludes halogenated alkanes) is 2. The normalized spacial score (nSPS) is 11.8. The van der Waals surface area contributed by atoms with E-state index in [1.165, 1.54) is 17.7 Å². The van der Waals surface area contributed by atoms with E-state index in [0.717, 1.165) is 73.7 Å². The summed E-state index contributed by atoms with van der Waals surface area (Å²) in [6.07, 6.45) is 0.702. The number of hydrogen-bond acceptors (Lipinski definition) is 1. The molecule has 0 radical (unpaired) electrons. The first kappa shape index (κ1) is 33.4. The maximum atomic E-state index is 15.1. The molecule has 0 heterocycles. The maximum Gasteiger partial charge on any atom is 0.419 e. The lowest BCUT2D eigenvalue weighted by Crippen LogP contribution is -2.21. The lowest BCUT2D eigenvalue weighted by molar-refractivity contribution is -0.131. The predicted octanol–water partition coefficient (Wildman–Crippen LogP) is 11.9. The number of rotatable bonds is 11. The lowest BCUT2D eigenvalue weighted by atomic mass is 9.97. The smallest absolute Gasteiger partial charge is 0.419 e. The maximum absolute atomic E-state index is 15.1. The van der Waals surface area contributed by atoms with Gasteiger partial charge in [-0.05, 0) is 89.2 Å². The zero-order valence-corrected chi connectivity index (χ0v) is 25.1. The van der Waals surface area contributed by atoms with E-state index in [-0.39, 0.29) is 28.3 Å². The van der Waals surface area contributed by atoms with E-state index < -0.39 is 52.3 Å². The third-order valence-corrected chi connectivity index (χ3v) is 7.58. The minimum absolute atomic E-state index is 0.0346. The standard InChI is InChI=1S/C38H28F8O/c1-2-3-4-5-23-6-8-24(9-7-23)25-10-13-30(33(40)18-25)27-20-34(41)31(35(42)21-27)16-17-38(45,46)47-28-12-14-29(36(43)22-28)26-11-15-32(39)37(44)19-26/h6-22H,2-5H2,1H3/b17-16+. The molecule has 0 unspecified atom stereocenters. The fourth-order valence-corrected chi connectivity index (χ4v) is 5.10. The Hall–Kier alpha value is -4.92. The van der Waals surface area contributed by atoms with Crippen LogP contribution in [0.1, 0.15) is 37.3 Å². The molecule has 5 rings (SSSR count). The van der Waals surface area contributed by atoms with Gasteiger partial charge in [0.05, 0.1) is 0 Å². The number of halogens is 8. The van der Waals surface area contributed by atoms with Gasteiger partial charge in [-0.3, -0.25) is 0 Å². The van der Waals surface area contributed by atoms with Crippen LogP contribution in [0.3, 0.4) is 0 Å². The highest BCUT2D eigenvalue weighted by Crippen LogP contribution is 2.33. The molecule has 0 spiro atoms. The quantitative estimate of drug-likeness (QED) is 0.102. The second-order valence-corrected chi connectivity index (χ2v) is 11.0. The third-order valence-electron chi connectivity index (χ3n) is 7.58. The first-order valence-corrected chi connectivity index (χ1v) is 14.8. The van der Waals surface area contributed by atoms with Crippen molar-refractivity contribution < 1.29 is 39.9 Å². The molecular weight excluding hydrogens is 624 g/mol. The van der Waals surface area contributed by atoms with Gasteiger partial charge in [-0.2, -0.15) is 8.78 Å². The Labute approximate surface area is 266 Å². The summed E-state index contributed by atoms with van der Waals surface area (Å²) in [5.41, 5.74) is 1.25. The summed E-state index contributed by atoms with van der Waals surface area (Å²) in [6.45, 7) is 2.13. The number of ether oxygens (including phenoxy) is 1. The number of hydrogen-bond donors (Lipinski definition) is 0. The average molecular weight is 653 g/mol. The van der Waals surface area contributed by atoms with Gasteiger partial charge in [0.2, 0.25) is 0 Å². The van der Waals surface area contributed by atoms with Crippen LogP contribution < -0.4 is 4.74 Å². The molecule has 5 aromatic rings. The Morgan fingerprint density at radius 3 is 1.77 bits per heavy atom. The number of alkyl halides is 2. The van der Waals surface area contributed by atoms with Gasteiger partial charge in [-0.1, -0.05) is 62.2 Å². The number of aryl methyl sites for hydroxylation is 1. The summed E-state index contributed by atoms with van der Waals surface area (Å²) >= 11 is 0. The fourth-order valence-electron chi connectivity index (χ4n) is 5.10. The molecule has 0 N–H and O–H groups in total. The summed E-state index contributed by atoms with van der Waals surface area (Å²) in [4.78, 5) is 0. The Balaban J connectivity index is 1.29. The first-order valence-electron chi connectivity index (χ1n) is 14.8. The van der Waals surface area contributed by atoms with Crippen LogP contribution in [0.4, 0.5) is 35.1 Å². The van der Waals surface area contributed by atoms with Crippen LogP contribution in [0.15, 0.2) is 97.1 Å². The molecule has 47 heavy (non-hydrogen) atoms. The Kier molecular flexibility index (Phi) is 10.1. The molecule has 0 bridgehead atoms. The molecule has 0 saturated carbocycles. The van der Waals surface area contributed by atoms with Crippen molar-refractivity contribution in [2.24, 2.45) is 0 Å². The Bertz CT molecular complexity index is 1890. The largest absolute Gasteiger partial charge is 0.429 e. The average Bonchev–Trinajstić information content (AvgIpc) is 3.02. The molecule has 0 aliphatic rings. The summed E-state index contributed by atoms with van der Waals surface area (Å²) in [7, 11) is 0. The lowest BCUT2D eigenvalue weighted by Gasteiger charge is -2.15. The third kappa shape index (κ3) is 8.09. The van der Waals surface area contributed by atoms with E-state index >= 15 is 4.39 Å². The zero-order chi connectivity index (χ0) is 33.7. The van der Waals surface area contributed by atoms with Crippen molar-refractivity contribution in [1.82, 2.24) is 0 Å². The van der Waals surface area contributed by atoms with Crippen LogP contribution in [0.2, 0.25) is 0 Å². The van der Waals surface area contributed by atoms with Crippen LogP contribution in [0.25, 0.3) is 39.5 Å². The molecule has 5 aromatic carbocycles. The summed E-state index contributed by atoms with van der Waals surface area (Å²) < 4.78 is 120. The molecule has 9 heteroatoms. The second-order valence-electron chi connectivity index (χ2n) is 11.0. The van der Waals surface area contributed by atoms with Crippen molar-refractivity contribution in [2.45, 2.75) is 38.7 Å². The zero-order valence-electron chi connectivity index (χ0n) is 25.1. The Morgan fingerprint density at radius 2 is 1.13 bits per heavy atom. The van der Waals surface area contributed by atoms with E-state index in [0.29, 0.717) is 17.7 Å². The molecule has 0 aliphatic heterocycles. The molecule has 0 aliphatic carbocycles. The van der Waals surface area contributed by atoms with Gasteiger partial charge < -0.3 is 4.74 Å². The molecule has 242 valence electrons. The van der Waals surface area contributed by atoms with Gasteiger partial charge in [0, 0.05) is 28.8 Å². The summed E-state index contributed by atoms with van der Waals surface area (Å²) in [5.74, 6) is -7.23. The first-order chi connectivity index (χ1) is 22.4. The van der Waals surface area contributed by atoms with E-state index in [4.69, 9.17) is 0 Å². The van der Waals surface area contributed by atoms with Gasteiger partial charge >= 0.3 is 6.11 Å². The SMILES string of the molecule is CCCCCc1ccc(-c2ccc(-c3cc(F)c(/C=C/C(F)(F)Oc4ccc(-c5ccc(F)c(F)c5)c(F)c4)c(F)c3)c(F)c2)cc1. The summed E-state index contributed by atoms with van der Waals surface area (Å²) in [5, 5.41) is 0. The molecule has 0 atom stereocenters. The van der Waals surface area contributed by atoms with Gasteiger partial charge in [0.25, 0.3) is 0 Å². The van der Waals surface area contributed by atoms with Crippen molar-refractivity contribution in [2.75, 3.05) is 0 Å². The van der Waals surface area contributed by atoms with Crippen LogP contribution >= 0.6 is 0 Å². The van der Waals surface area contributed by atoms with Crippen molar-refractivity contribution in [3.05, 3.63) is 143 Å². The van der Waals surface area contributed by atoms with Gasteiger partial charge in [-0.15, -0.1) is 0 Å². The molecular formula is C38H28F8O. The van der Waals surface area contributed by atoms with E-state index in [9.17, 15) is 30.7 Å². The second kappa shape index (κ2) is 14.2. The van der Waals surface area contributed by atoms with Crippen molar-refractivity contribution in [3.63, 3.8) is 0 Å². The molecule has 0 amide bonds. The highest BCUT2D eigenvalue weighted by molar-refractivity contribution is 5.72. The minimum Gasteiger partial charge on any atom is -0.429 e. The molecule has 0 saturated heterocycles. The highest BCUT2D eigenvalue weighted by Gasteiger charge is 2.29. The topological polar surface area (TPSA) is 9.23 Å². The minimum atomic E-state index is -4.14. The fraction of sp³-hybridized carbons (Fsp3) is 0.158. The van der Waals surface area contributed by atoms with Crippen LogP contribution in [0, 0.1) is 34.9 Å². The summed E-state index contributed by atoms with van der Waals surface area (Å²) in [6, 6.07) is 18.9. The molecule has 0 aromatic heterocycles. The highest BCUT2D eigenvalue weighted by atomic mass is 19.3. The molecule has 1 nitrogen and oxygen atoms in total. The van der Waals surface area contributed by atoms with Crippen LogP contribution in [0.5, 0.6) is 5.75 Å². The Morgan fingerprint density at radius 1 is 0.553 bits per heavy atom. The predicted molar refractivity (Wildman–Crippen MR) is 167 cm³/mol. The van der Waals surface area contributed by atoms with Crippen molar-refractivity contribution in [1.29, 1.82) is 0 Å². The van der Waals surface area contributed by atoms with Gasteiger partial charge in [-0.25, -0.2) is 26.3 Å². The van der Waals surface area contributed by atoms with Crippen LogP contribution in [-0.4, -0.2) is 6.11 Å². The number of benzene rings is 5. The monoisotopic (exact) mass is 652 g/mol. The van der Waals surface area contributed by atoms with Crippen LogP contribution in [-0.2, 0) is 6.42 Å². The van der Waals surface area contributed by atoms with Gasteiger partial charge in [0.15, 0.2) is 11.6 Å². The van der Waals surface area contributed by atoms with E-state index in [1.807, 2.05) is 24.3 Å². The van der Waals surface area contributed by atoms with E-state index in [1.54, 1.807) is 6.07 Å².